The van der Waals surface area contributed by atoms with Crippen LogP contribution in [0.3, 0.4) is 0 Å². The van der Waals surface area contributed by atoms with Crippen LogP contribution in [0.2, 0.25) is 0 Å². The van der Waals surface area contributed by atoms with Crippen molar-refractivity contribution in [2.24, 2.45) is 0 Å². The van der Waals surface area contributed by atoms with Crippen LogP contribution in [0.5, 0.6) is 0 Å². The van der Waals surface area contributed by atoms with Crippen LogP contribution in [0.4, 0.5) is 0 Å². The van der Waals surface area contributed by atoms with Gasteiger partial charge >= 0.3 is 11.9 Å². The first-order chi connectivity index (χ1) is 12.5. The van der Waals surface area contributed by atoms with Gasteiger partial charge in [0.15, 0.2) is 12.4 Å². The summed E-state index contributed by atoms with van der Waals surface area (Å²) in [6.45, 7) is 1.70. The molecular formula is C20H20O6. The van der Waals surface area contributed by atoms with Crippen molar-refractivity contribution in [3.05, 3.63) is 71.8 Å². The molecule has 0 aliphatic carbocycles. The summed E-state index contributed by atoms with van der Waals surface area (Å²) in [5.74, 6) is -1.06. The number of esters is 2. The third-order valence-electron chi connectivity index (χ3n) is 4.20. The number of ether oxygens (including phenoxy) is 3. The molecular weight excluding hydrogens is 336 g/mol. The number of rotatable bonds is 4. The molecule has 1 fully saturated rings. The Hall–Kier alpha value is -2.70. The predicted molar refractivity (Wildman–Crippen MR) is 92.5 cm³/mol. The molecule has 0 spiro atoms. The van der Waals surface area contributed by atoms with Gasteiger partial charge in [-0.1, -0.05) is 36.4 Å². The van der Waals surface area contributed by atoms with Gasteiger partial charge in [0, 0.05) is 6.42 Å². The van der Waals surface area contributed by atoms with Gasteiger partial charge in [0.05, 0.1) is 17.2 Å². The van der Waals surface area contributed by atoms with Gasteiger partial charge in [0.2, 0.25) is 0 Å². The minimum absolute atomic E-state index is 0.152. The zero-order valence-electron chi connectivity index (χ0n) is 14.3. The molecule has 6 nitrogen and oxygen atoms in total. The summed E-state index contributed by atoms with van der Waals surface area (Å²) in [6.07, 6.45) is -3.21. The summed E-state index contributed by atoms with van der Waals surface area (Å²) in [6, 6.07) is 17.1. The average Bonchev–Trinajstić information content (AvgIpc) is 2.66. The van der Waals surface area contributed by atoms with Crippen LogP contribution in [0.25, 0.3) is 0 Å². The van der Waals surface area contributed by atoms with E-state index in [1.54, 1.807) is 67.6 Å². The highest BCUT2D eigenvalue weighted by Gasteiger charge is 2.39. The molecule has 1 aliphatic rings. The molecule has 0 radical (unpaired) electrons. The molecule has 6 heteroatoms. The maximum Gasteiger partial charge on any atom is 0.338 e. The summed E-state index contributed by atoms with van der Waals surface area (Å²) >= 11 is 0. The number of carbonyl (C=O) groups is 2. The standard InChI is InChI=1S/C20H20O6/c1-13-16(25-18(21)14-8-4-2-5-9-14)12-17(20(23)24-13)26-19(22)15-10-6-3-7-11-15/h2-11,13,16-17,20,23H,12H2,1H3/t13?,16-,17?,20-/m1/s1. The first-order valence-electron chi connectivity index (χ1n) is 8.40. The number of aliphatic hydroxyl groups is 1. The Bertz CT molecular complexity index is 682. The lowest BCUT2D eigenvalue weighted by atomic mass is 10.0. The topological polar surface area (TPSA) is 82.1 Å². The molecule has 1 heterocycles. The third kappa shape index (κ3) is 4.28. The summed E-state index contributed by atoms with van der Waals surface area (Å²) in [4.78, 5) is 24.4. The minimum Gasteiger partial charge on any atom is -0.456 e. The fourth-order valence-corrected chi connectivity index (χ4v) is 2.74. The molecule has 2 unspecified atom stereocenters. The Morgan fingerprint density at radius 3 is 1.85 bits per heavy atom. The lowest BCUT2D eigenvalue weighted by molar-refractivity contribution is -0.240. The van der Waals surface area contributed by atoms with Gasteiger partial charge < -0.3 is 19.3 Å². The molecule has 0 bridgehead atoms. The van der Waals surface area contributed by atoms with E-state index < -0.39 is 36.5 Å². The van der Waals surface area contributed by atoms with Crippen LogP contribution in [-0.4, -0.2) is 41.6 Å². The summed E-state index contributed by atoms with van der Waals surface area (Å²) in [5, 5.41) is 10.1. The van der Waals surface area contributed by atoms with E-state index in [4.69, 9.17) is 14.2 Å². The van der Waals surface area contributed by atoms with E-state index in [0.717, 1.165) is 0 Å². The van der Waals surface area contributed by atoms with Crippen molar-refractivity contribution in [3.63, 3.8) is 0 Å². The summed E-state index contributed by atoms with van der Waals surface area (Å²) in [7, 11) is 0. The Labute approximate surface area is 151 Å². The molecule has 0 saturated carbocycles. The zero-order valence-corrected chi connectivity index (χ0v) is 14.3. The average molecular weight is 356 g/mol. The predicted octanol–water partition coefficient (Wildman–Crippen LogP) is 2.56. The highest BCUT2D eigenvalue weighted by molar-refractivity contribution is 5.90. The smallest absolute Gasteiger partial charge is 0.338 e. The molecule has 0 amide bonds. The second kappa shape index (κ2) is 8.12. The fourth-order valence-electron chi connectivity index (χ4n) is 2.74. The van der Waals surface area contributed by atoms with Crippen molar-refractivity contribution >= 4 is 11.9 Å². The highest BCUT2D eigenvalue weighted by Crippen LogP contribution is 2.25. The van der Waals surface area contributed by atoms with Crippen LogP contribution < -0.4 is 0 Å². The van der Waals surface area contributed by atoms with Crippen LogP contribution in [-0.2, 0) is 14.2 Å². The second-order valence-electron chi connectivity index (χ2n) is 6.09. The molecule has 3 rings (SSSR count). The lowest BCUT2D eigenvalue weighted by Crippen LogP contribution is -2.49. The fraction of sp³-hybridized carbons (Fsp3) is 0.300. The first-order valence-corrected chi connectivity index (χ1v) is 8.40. The molecule has 1 N–H and O–H groups in total. The first kappa shape index (κ1) is 18.1. The Morgan fingerprint density at radius 1 is 0.885 bits per heavy atom. The molecule has 2 aromatic carbocycles. The molecule has 1 aliphatic heterocycles. The number of hydrogen-bond acceptors (Lipinski definition) is 6. The van der Waals surface area contributed by atoms with Gasteiger partial charge in [-0.05, 0) is 31.2 Å². The molecule has 4 atom stereocenters. The van der Waals surface area contributed by atoms with Crippen LogP contribution in [0.15, 0.2) is 60.7 Å². The zero-order chi connectivity index (χ0) is 18.5. The Morgan fingerprint density at radius 2 is 1.35 bits per heavy atom. The van der Waals surface area contributed by atoms with Crippen LogP contribution in [0.1, 0.15) is 34.1 Å². The van der Waals surface area contributed by atoms with E-state index in [0.29, 0.717) is 11.1 Å². The van der Waals surface area contributed by atoms with Crippen molar-refractivity contribution in [2.45, 2.75) is 37.9 Å². The lowest BCUT2D eigenvalue weighted by Gasteiger charge is -2.36. The molecule has 26 heavy (non-hydrogen) atoms. The van der Waals surface area contributed by atoms with Crippen LogP contribution >= 0.6 is 0 Å². The number of hydrogen-bond donors (Lipinski definition) is 1. The maximum atomic E-state index is 12.2. The van der Waals surface area contributed by atoms with Gasteiger partial charge in [-0.3, -0.25) is 0 Å². The van der Waals surface area contributed by atoms with Gasteiger partial charge in [0.25, 0.3) is 0 Å². The van der Waals surface area contributed by atoms with Gasteiger partial charge in [-0.15, -0.1) is 0 Å². The van der Waals surface area contributed by atoms with E-state index >= 15 is 0 Å². The van der Waals surface area contributed by atoms with E-state index in [1.165, 1.54) is 0 Å². The number of aliphatic hydroxyl groups excluding tert-OH is 1. The van der Waals surface area contributed by atoms with Crippen molar-refractivity contribution < 1.29 is 28.9 Å². The van der Waals surface area contributed by atoms with E-state index in [-0.39, 0.29) is 6.42 Å². The second-order valence-corrected chi connectivity index (χ2v) is 6.09. The number of benzene rings is 2. The van der Waals surface area contributed by atoms with Crippen molar-refractivity contribution in [1.29, 1.82) is 0 Å². The van der Waals surface area contributed by atoms with Gasteiger partial charge in [0.1, 0.15) is 6.10 Å². The number of carbonyl (C=O) groups excluding carboxylic acids is 2. The van der Waals surface area contributed by atoms with Crippen molar-refractivity contribution in [1.82, 2.24) is 0 Å². The van der Waals surface area contributed by atoms with E-state index in [2.05, 4.69) is 0 Å². The molecule has 2 aromatic rings. The quantitative estimate of drug-likeness (QED) is 0.848. The molecule has 0 aromatic heterocycles. The summed E-state index contributed by atoms with van der Waals surface area (Å²) < 4.78 is 16.2. The third-order valence-corrected chi connectivity index (χ3v) is 4.20. The molecule has 136 valence electrons. The summed E-state index contributed by atoms with van der Waals surface area (Å²) in [5.41, 5.74) is 0.791. The van der Waals surface area contributed by atoms with E-state index in [1.807, 2.05) is 0 Å². The Balaban J connectivity index is 1.65. The minimum atomic E-state index is -1.27. The van der Waals surface area contributed by atoms with Crippen LogP contribution in [0, 0.1) is 0 Å². The maximum absolute atomic E-state index is 12.2. The van der Waals surface area contributed by atoms with Gasteiger partial charge in [-0.25, -0.2) is 9.59 Å². The Kier molecular flexibility index (Phi) is 5.65. The highest BCUT2D eigenvalue weighted by atomic mass is 16.7. The van der Waals surface area contributed by atoms with Gasteiger partial charge in [-0.2, -0.15) is 0 Å². The SMILES string of the molecule is CC1O[C@@H](O)C(OC(=O)c2ccccc2)C[C@H]1OC(=O)c1ccccc1. The molecule has 1 saturated heterocycles. The largest absolute Gasteiger partial charge is 0.456 e. The van der Waals surface area contributed by atoms with Crippen molar-refractivity contribution in [3.8, 4) is 0 Å². The van der Waals surface area contributed by atoms with E-state index in [9.17, 15) is 14.7 Å². The van der Waals surface area contributed by atoms with Crippen molar-refractivity contribution in [2.75, 3.05) is 0 Å². The normalized spacial score (nSPS) is 25.3. The monoisotopic (exact) mass is 356 g/mol.